The van der Waals surface area contributed by atoms with Crippen molar-refractivity contribution in [1.82, 2.24) is 54.5 Å². The lowest BCUT2D eigenvalue weighted by atomic mass is 9.81. The molecular weight excluding hydrogens is 1340 g/mol. The zero-order valence-electron chi connectivity index (χ0n) is 60.2. The quantitative estimate of drug-likeness (QED) is 0.0801. The molecule has 23 nitrogen and oxygen atoms in total. The van der Waals surface area contributed by atoms with E-state index in [2.05, 4.69) is 29.9 Å². The van der Waals surface area contributed by atoms with Crippen LogP contribution in [0.4, 0.5) is 19.0 Å². The molecule has 12 rings (SSSR count). The van der Waals surface area contributed by atoms with E-state index in [9.17, 15) is 52.0 Å². The van der Waals surface area contributed by atoms with Gasteiger partial charge in [-0.3, -0.25) is 19.2 Å². The molecule has 6 aromatic heterocycles. The Morgan fingerprint density at radius 2 is 0.904 bits per heavy atom. The lowest BCUT2D eigenvalue weighted by Crippen LogP contribution is -2.37. The fourth-order valence-corrected chi connectivity index (χ4v) is 13.1. The Hall–Kier alpha value is -11.8. The van der Waals surface area contributed by atoms with E-state index >= 15 is 0 Å². The van der Waals surface area contributed by atoms with E-state index in [0.29, 0.717) is 96.0 Å². The molecule has 9 aromatic rings. The average Bonchev–Trinajstić information content (AvgIpc) is 1.60. The van der Waals surface area contributed by atoms with E-state index in [1.807, 2.05) is 78.7 Å². The van der Waals surface area contributed by atoms with Gasteiger partial charge in [-0.2, -0.15) is 5.26 Å². The Bertz CT molecular complexity index is 5110. The van der Waals surface area contributed by atoms with E-state index < -0.39 is 45.8 Å². The fraction of sp³-hybridized carbons (Fsp3) is 0.333. The maximum absolute atomic E-state index is 13.8. The molecule has 0 unspecified atom stereocenters. The van der Waals surface area contributed by atoms with Gasteiger partial charge in [-0.25, -0.2) is 47.5 Å². The van der Waals surface area contributed by atoms with Crippen LogP contribution in [0.3, 0.4) is 0 Å². The summed E-state index contributed by atoms with van der Waals surface area (Å²) in [4.78, 5) is 127. The predicted molar refractivity (Wildman–Crippen MR) is 389 cm³/mol. The highest BCUT2D eigenvalue weighted by molar-refractivity contribution is 6.20. The molecule has 0 bridgehead atoms. The summed E-state index contributed by atoms with van der Waals surface area (Å²) in [6.45, 7) is 23.0. The second-order valence-electron chi connectivity index (χ2n) is 27.6. The second kappa shape index (κ2) is 30.1. The molecule has 0 saturated carbocycles. The normalized spacial score (nSPS) is 14.6. The Morgan fingerprint density at radius 1 is 0.510 bits per heavy atom. The summed E-state index contributed by atoms with van der Waals surface area (Å²) in [5.41, 5.74) is 7.21. The molecule has 0 saturated heterocycles. The number of halogens is 3. The van der Waals surface area contributed by atoms with E-state index in [1.165, 1.54) is 105 Å². The molecule has 3 aliphatic heterocycles. The first kappa shape index (κ1) is 76.4. The Morgan fingerprint density at radius 3 is 1.30 bits per heavy atom. The SMILES string of the molecule is C.CCOC(=O)C1=CN(C(=O)c2ccc(F)c(C)c2)CC(C)(C)c2c1[nH]c1nc(C#N)cnc21.CCOC(=O)C1=CN(C(=O)c2ccc(F)c(C)c2)CC(C)(C)c2c1[nH]c1nc(N(C)C)ccc21.CCOC(=O)C1=CN(C(=O)c2ccc(F)c(C)c2)CC(C)(C)c2c1[nH]c1ncc(C(=O)N(C)C)cc21. The highest BCUT2D eigenvalue weighted by atomic mass is 19.1. The second-order valence-corrected chi connectivity index (χ2v) is 27.6. The first-order chi connectivity index (χ1) is 48.6. The highest BCUT2D eigenvalue weighted by Gasteiger charge is 2.42. The summed E-state index contributed by atoms with van der Waals surface area (Å²) in [6.07, 6.45) is 7.33. The van der Waals surface area contributed by atoms with E-state index in [-0.39, 0.29) is 92.2 Å². The zero-order chi connectivity index (χ0) is 75.1. The molecule has 0 spiro atoms. The number of rotatable bonds is 11. The van der Waals surface area contributed by atoms with Gasteiger partial charge >= 0.3 is 17.9 Å². The van der Waals surface area contributed by atoms with Gasteiger partial charge in [0.1, 0.15) is 46.1 Å². The van der Waals surface area contributed by atoms with Crippen molar-refractivity contribution < 1.29 is 60.9 Å². The van der Waals surface area contributed by atoms with Crippen molar-refractivity contribution in [1.29, 1.82) is 5.26 Å². The lowest BCUT2D eigenvalue weighted by molar-refractivity contribution is -0.137. The molecule has 542 valence electrons. The fourth-order valence-electron chi connectivity index (χ4n) is 13.1. The number of nitriles is 1. The van der Waals surface area contributed by atoms with Gasteiger partial charge in [0.2, 0.25) is 0 Å². The third-order valence-corrected chi connectivity index (χ3v) is 17.9. The molecule has 3 N–H and O–H groups in total. The van der Waals surface area contributed by atoms with Crippen LogP contribution in [0.15, 0.2) is 104 Å². The average molecular weight is 1420 g/mol. The largest absolute Gasteiger partial charge is 0.462 e. The molecule has 26 heteroatoms. The molecule has 3 aromatic carbocycles. The van der Waals surface area contributed by atoms with E-state index in [4.69, 9.17) is 19.2 Å². The monoisotopic (exact) mass is 1420 g/mol. The number of hydrogen-bond donors (Lipinski definition) is 3. The number of aryl methyl sites for hydroxylation is 3. The minimum atomic E-state index is -0.662. The number of fused-ring (bicyclic) bond motifs is 9. The van der Waals surface area contributed by atoms with Crippen LogP contribution in [0.5, 0.6) is 0 Å². The van der Waals surface area contributed by atoms with Crippen molar-refractivity contribution in [2.24, 2.45) is 0 Å². The third kappa shape index (κ3) is 15.1. The van der Waals surface area contributed by atoms with Gasteiger partial charge in [0.25, 0.3) is 23.6 Å². The first-order valence-electron chi connectivity index (χ1n) is 33.3. The Kier molecular flexibility index (Phi) is 22.1. The number of nitrogens with one attached hydrogen (secondary N) is 3. The summed E-state index contributed by atoms with van der Waals surface area (Å²) in [7, 11) is 7.15. The molecule has 0 aliphatic carbocycles. The molecular formula is C78H84F3N13O10. The molecule has 0 radical (unpaired) electrons. The van der Waals surface area contributed by atoms with Gasteiger partial charge in [-0.05, 0) is 142 Å². The zero-order valence-corrected chi connectivity index (χ0v) is 60.2. The predicted octanol–water partition coefficient (Wildman–Crippen LogP) is 12.7. The van der Waals surface area contributed by atoms with Crippen LogP contribution in [0.1, 0.15) is 167 Å². The standard InChI is InChI=1S/C27H29FN4O4.C26H29FN4O3.C24H22FN5O3.CH4/c1-7-36-26(35)19-13-32(25(34)16-8-9-20(28)15(2)10-16)14-27(3,4)21-18-11-17(24(33)31(5)6)12-29-23(18)30-22(19)21;1-7-34-25(33)18-13-31(24(32)16-8-10-19(27)15(2)12-16)14-26(3,4)21-17-9-11-20(30(5)6)28-23(17)29-22(18)21;1-5-33-23(32)16-11-30(22(31)14-6-7-17(25)13(2)8-14)12-24(3,4)18-19(16)29-21-20(18)27-10-15(9-26)28-21;/h8-13H,7,14H2,1-6H3,(H,29,30);8-13H,7,14H2,1-6H3,(H,28,29);6-8,10-11H,5,12H2,1-4H3,(H,28,29);1H4. The number of carbonyl (C=O) groups excluding carboxylic acids is 7. The van der Waals surface area contributed by atoms with Gasteiger partial charge in [0, 0.05) is 122 Å². The van der Waals surface area contributed by atoms with Crippen molar-refractivity contribution in [3.63, 3.8) is 0 Å². The van der Waals surface area contributed by atoms with Crippen molar-refractivity contribution in [3.8, 4) is 6.07 Å². The number of anilines is 1. The smallest absolute Gasteiger partial charge is 0.341 e. The summed E-state index contributed by atoms with van der Waals surface area (Å²) in [6, 6.07) is 20.2. The van der Waals surface area contributed by atoms with E-state index in [0.717, 1.165) is 22.3 Å². The summed E-state index contributed by atoms with van der Waals surface area (Å²) >= 11 is 0. The summed E-state index contributed by atoms with van der Waals surface area (Å²) < 4.78 is 57.3. The van der Waals surface area contributed by atoms with Crippen molar-refractivity contribution in [2.75, 3.05) is 72.5 Å². The number of pyridine rings is 2. The van der Waals surface area contributed by atoms with E-state index in [1.54, 1.807) is 61.7 Å². The number of aromatic nitrogens is 7. The lowest BCUT2D eigenvalue weighted by Gasteiger charge is -2.29. The highest BCUT2D eigenvalue weighted by Crippen LogP contribution is 2.44. The number of hydrogen-bond acceptors (Lipinski definition) is 16. The molecule has 9 heterocycles. The Balaban J connectivity index is 0.000000180. The first-order valence-corrected chi connectivity index (χ1v) is 33.3. The number of carbonyl (C=O) groups is 7. The maximum atomic E-state index is 13.8. The van der Waals surface area contributed by atoms with Crippen LogP contribution in [0.25, 0.3) is 49.9 Å². The van der Waals surface area contributed by atoms with Crippen LogP contribution in [0.2, 0.25) is 0 Å². The molecule has 104 heavy (non-hydrogen) atoms. The minimum absolute atomic E-state index is 0. The molecule has 4 amide bonds. The number of nitrogens with zero attached hydrogens (tertiary/aromatic N) is 10. The Labute approximate surface area is 600 Å². The van der Waals surface area contributed by atoms with Crippen LogP contribution < -0.4 is 4.90 Å². The van der Waals surface area contributed by atoms with Gasteiger partial charge in [-0.15, -0.1) is 0 Å². The van der Waals surface area contributed by atoms with Crippen LogP contribution in [0, 0.1) is 49.6 Å². The van der Waals surface area contributed by atoms with Crippen LogP contribution in [-0.4, -0.2) is 164 Å². The topological polar surface area (TPSA) is 286 Å². The number of H-pyrrole nitrogens is 3. The third-order valence-electron chi connectivity index (χ3n) is 17.9. The van der Waals surface area contributed by atoms with Crippen molar-refractivity contribution >= 4 is 97.3 Å². The number of benzene rings is 3. The molecule has 0 atom stereocenters. The number of amides is 4. The maximum Gasteiger partial charge on any atom is 0.341 e. The van der Waals surface area contributed by atoms with Crippen LogP contribution >= 0.6 is 0 Å². The van der Waals surface area contributed by atoms with Gasteiger partial charge in [0.15, 0.2) is 11.3 Å². The van der Waals surface area contributed by atoms with Crippen LogP contribution in [-0.2, 0) is 44.8 Å². The van der Waals surface area contributed by atoms with Gasteiger partial charge in [-0.1, -0.05) is 49.0 Å². The summed E-state index contributed by atoms with van der Waals surface area (Å²) in [5, 5.41) is 10.7. The van der Waals surface area contributed by atoms with Gasteiger partial charge in [0.05, 0.1) is 65.4 Å². The molecule has 3 aliphatic rings. The number of esters is 3. The summed E-state index contributed by atoms with van der Waals surface area (Å²) in [5.74, 6) is -3.40. The number of ether oxygens (including phenoxy) is 3. The van der Waals surface area contributed by atoms with Crippen molar-refractivity contribution in [3.05, 3.63) is 200 Å². The minimum Gasteiger partial charge on any atom is -0.462 e. The van der Waals surface area contributed by atoms with Gasteiger partial charge < -0.3 is 53.7 Å². The number of aromatic amines is 3. The van der Waals surface area contributed by atoms with Crippen molar-refractivity contribution in [2.45, 2.75) is 107 Å². The molecule has 0 fully saturated rings.